The Hall–Kier alpha value is -2.24. The van der Waals surface area contributed by atoms with E-state index >= 15 is 0 Å². The molecule has 0 aliphatic carbocycles. The molecule has 0 bridgehead atoms. The van der Waals surface area contributed by atoms with Gasteiger partial charge in [0.1, 0.15) is 0 Å². The Labute approximate surface area is 109 Å². The highest BCUT2D eigenvalue weighted by Gasteiger charge is 2.28. The summed E-state index contributed by atoms with van der Waals surface area (Å²) in [5.41, 5.74) is 1.05. The number of anilines is 1. The Morgan fingerprint density at radius 3 is 2.79 bits per heavy atom. The molecule has 0 aliphatic rings. The Morgan fingerprint density at radius 1 is 1.47 bits per heavy atom. The highest BCUT2D eigenvalue weighted by molar-refractivity contribution is 5.78. The minimum atomic E-state index is -0.854. The van der Waals surface area contributed by atoms with Crippen molar-refractivity contribution in [1.82, 2.24) is 4.98 Å². The van der Waals surface area contributed by atoms with Crippen LogP contribution in [0.25, 0.3) is 11.1 Å². The van der Waals surface area contributed by atoms with Crippen LogP contribution in [0.5, 0.6) is 0 Å². The Kier molecular flexibility index (Phi) is 3.09. The standard InChI is InChI=1S/C13H16N2O4/c1-13(2,11(16)17)7-15(3)8-4-5-10-9(6-8)14-12(18)19-10/h4-6H,7H2,1-3H3,(H,14,18)(H,16,17). The average molecular weight is 264 g/mol. The van der Waals surface area contributed by atoms with E-state index in [1.165, 1.54) is 0 Å². The first-order valence-corrected chi connectivity index (χ1v) is 5.87. The second-order valence-electron chi connectivity index (χ2n) is 5.24. The second kappa shape index (κ2) is 4.46. The number of hydrogen-bond donors (Lipinski definition) is 2. The number of aliphatic carboxylic acids is 1. The number of nitrogens with one attached hydrogen (secondary N) is 1. The van der Waals surface area contributed by atoms with Crippen LogP contribution in [0.3, 0.4) is 0 Å². The summed E-state index contributed by atoms with van der Waals surface area (Å²) in [6.45, 7) is 3.70. The molecule has 19 heavy (non-hydrogen) atoms. The molecule has 2 rings (SSSR count). The molecule has 1 heterocycles. The summed E-state index contributed by atoms with van der Waals surface area (Å²) in [6, 6.07) is 5.24. The first-order valence-electron chi connectivity index (χ1n) is 5.87. The molecule has 0 saturated heterocycles. The molecule has 6 nitrogen and oxygen atoms in total. The monoisotopic (exact) mass is 264 g/mol. The van der Waals surface area contributed by atoms with E-state index in [-0.39, 0.29) is 0 Å². The number of carbonyl (C=O) groups is 1. The smallest absolute Gasteiger partial charge is 0.417 e. The van der Waals surface area contributed by atoms with Gasteiger partial charge in [-0.2, -0.15) is 0 Å². The molecule has 0 spiro atoms. The lowest BCUT2D eigenvalue weighted by Gasteiger charge is -2.28. The fourth-order valence-electron chi connectivity index (χ4n) is 1.93. The van der Waals surface area contributed by atoms with E-state index in [1.54, 1.807) is 32.0 Å². The van der Waals surface area contributed by atoms with Crippen LogP contribution in [0.1, 0.15) is 13.8 Å². The maximum absolute atomic E-state index is 11.1. The summed E-state index contributed by atoms with van der Waals surface area (Å²) in [5, 5.41) is 9.12. The zero-order valence-electron chi connectivity index (χ0n) is 11.1. The van der Waals surface area contributed by atoms with Crippen LogP contribution < -0.4 is 10.7 Å². The van der Waals surface area contributed by atoms with Gasteiger partial charge in [0.2, 0.25) is 0 Å². The summed E-state index contributed by atoms with van der Waals surface area (Å²) in [6.07, 6.45) is 0. The minimum absolute atomic E-state index is 0.357. The van der Waals surface area contributed by atoms with Gasteiger partial charge in [-0.3, -0.25) is 9.78 Å². The van der Waals surface area contributed by atoms with E-state index in [1.807, 2.05) is 11.9 Å². The summed E-state index contributed by atoms with van der Waals surface area (Å²) in [7, 11) is 1.81. The van der Waals surface area contributed by atoms with E-state index in [9.17, 15) is 9.59 Å². The van der Waals surface area contributed by atoms with Gasteiger partial charge in [0.25, 0.3) is 0 Å². The van der Waals surface area contributed by atoms with Gasteiger partial charge in [-0.25, -0.2) is 4.79 Å². The molecule has 0 fully saturated rings. The van der Waals surface area contributed by atoms with Gasteiger partial charge in [-0.1, -0.05) is 0 Å². The van der Waals surface area contributed by atoms with Crippen LogP contribution >= 0.6 is 0 Å². The summed E-state index contributed by atoms with van der Waals surface area (Å²) in [4.78, 5) is 26.6. The van der Waals surface area contributed by atoms with E-state index in [0.717, 1.165) is 5.69 Å². The molecule has 6 heteroatoms. The van der Waals surface area contributed by atoms with Crippen LogP contribution in [0.2, 0.25) is 0 Å². The third-order valence-corrected chi connectivity index (χ3v) is 3.05. The van der Waals surface area contributed by atoms with E-state index < -0.39 is 17.1 Å². The van der Waals surface area contributed by atoms with Crippen molar-refractivity contribution in [2.24, 2.45) is 5.41 Å². The van der Waals surface area contributed by atoms with Gasteiger partial charge in [-0.05, 0) is 32.0 Å². The van der Waals surface area contributed by atoms with Crippen LogP contribution in [0.4, 0.5) is 5.69 Å². The van der Waals surface area contributed by atoms with E-state index in [4.69, 9.17) is 9.52 Å². The quantitative estimate of drug-likeness (QED) is 0.877. The highest BCUT2D eigenvalue weighted by atomic mass is 16.4. The predicted octanol–water partition coefficient (Wildman–Crippen LogP) is 1.67. The molecule has 102 valence electrons. The summed E-state index contributed by atoms with van der Waals surface area (Å²) < 4.78 is 4.92. The van der Waals surface area contributed by atoms with Gasteiger partial charge in [0.15, 0.2) is 5.58 Å². The lowest BCUT2D eigenvalue weighted by atomic mass is 9.93. The van der Waals surface area contributed by atoms with E-state index in [2.05, 4.69) is 4.98 Å². The van der Waals surface area contributed by atoms with Crippen molar-refractivity contribution in [3.8, 4) is 0 Å². The Balaban J connectivity index is 2.28. The SMILES string of the molecule is CN(CC(C)(C)C(=O)O)c1ccc2oc(=O)[nH]c2c1. The number of carboxylic acids is 1. The number of rotatable bonds is 4. The first-order chi connectivity index (χ1) is 8.79. The van der Waals surface area contributed by atoms with Crippen molar-refractivity contribution in [2.75, 3.05) is 18.5 Å². The van der Waals surface area contributed by atoms with Gasteiger partial charge in [0, 0.05) is 19.3 Å². The number of H-pyrrole nitrogens is 1. The number of nitrogens with zero attached hydrogens (tertiary/aromatic N) is 1. The normalized spacial score (nSPS) is 11.7. The zero-order chi connectivity index (χ0) is 14.2. The Morgan fingerprint density at radius 2 is 2.16 bits per heavy atom. The lowest BCUT2D eigenvalue weighted by molar-refractivity contribution is -0.146. The van der Waals surface area contributed by atoms with Crippen molar-refractivity contribution in [3.63, 3.8) is 0 Å². The van der Waals surface area contributed by atoms with Crippen molar-refractivity contribution in [3.05, 3.63) is 28.7 Å². The van der Waals surface area contributed by atoms with Crippen LogP contribution in [-0.4, -0.2) is 29.7 Å². The van der Waals surface area contributed by atoms with Crippen LogP contribution in [0, 0.1) is 5.41 Å². The van der Waals surface area contributed by atoms with Gasteiger partial charge in [-0.15, -0.1) is 0 Å². The van der Waals surface area contributed by atoms with Crippen molar-refractivity contribution in [2.45, 2.75) is 13.8 Å². The summed E-state index contributed by atoms with van der Waals surface area (Å²) >= 11 is 0. The van der Waals surface area contributed by atoms with Crippen LogP contribution in [-0.2, 0) is 4.79 Å². The maximum atomic E-state index is 11.1. The number of aromatic amines is 1. The zero-order valence-corrected chi connectivity index (χ0v) is 11.1. The molecule has 0 radical (unpaired) electrons. The fourth-order valence-corrected chi connectivity index (χ4v) is 1.93. The second-order valence-corrected chi connectivity index (χ2v) is 5.24. The summed E-state index contributed by atoms with van der Waals surface area (Å²) in [5.74, 6) is -1.35. The maximum Gasteiger partial charge on any atom is 0.417 e. The van der Waals surface area contributed by atoms with Gasteiger partial charge in [0.05, 0.1) is 10.9 Å². The molecule has 1 aromatic heterocycles. The number of hydrogen-bond acceptors (Lipinski definition) is 4. The number of carboxylic acid groups (broad SMARTS) is 1. The topological polar surface area (TPSA) is 86.5 Å². The third kappa shape index (κ3) is 2.62. The molecular weight excluding hydrogens is 248 g/mol. The molecule has 2 N–H and O–H groups in total. The third-order valence-electron chi connectivity index (χ3n) is 3.05. The molecular formula is C13H16N2O4. The van der Waals surface area contributed by atoms with Crippen molar-refractivity contribution < 1.29 is 14.3 Å². The molecule has 0 atom stereocenters. The molecule has 0 saturated carbocycles. The Bertz CT molecular complexity index is 669. The first kappa shape index (κ1) is 13.2. The van der Waals surface area contributed by atoms with Crippen molar-refractivity contribution >= 4 is 22.8 Å². The van der Waals surface area contributed by atoms with E-state index in [0.29, 0.717) is 17.6 Å². The van der Waals surface area contributed by atoms with Gasteiger partial charge >= 0.3 is 11.7 Å². The molecule has 0 unspecified atom stereocenters. The molecule has 0 amide bonds. The van der Waals surface area contributed by atoms with Crippen molar-refractivity contribution in [1.29, 1.82) is 0 Å². The minimum Gasteiger partial charge on any atom is -0.481 e. The number of oxazole rings is 1. The van der Waals surface area contributed by atoms with Crippen LogP contribution in [0.15, 0.2) is 27.4 Å². The molecule has 0 aliphatic heterocycles. The largest absolute Gasteiger partial charge is 0.481 e. The number of benzene rings is 1. The van der Waals surface area contributed by atoms with Gasteiger partial charge < -0.3 is 14.4 Å². The molecule has 1 aromatic carbocycles. The number of aromatic nitrogens is 1. The predicted molar refractivity (Wildman–Crippen MR) is 71.5 cm³/mol. The average Bonchev–Trinajstić information content (AvgIpc) is 2.66. The molecule has 2 aromatic rings. The highest BCUT2D eigenvalue weighted by Crippen LogP contribution is 2.23. The number of fused-ring (bicyclic) bond motifs is 1. The lowest BCUT2D eigenvalue weighted by Crippen LogP contribution is -2.37. The fraction of sp³-hybridized carbons (Fsp3) is 0.385.